The molecule has 3 atom stereocenters. The molecule has 0 radical (unpaired) electrons. The molecule has 3 heterocycles. The van der Waals surface area contributed by atoms with E-state index in [0.29, 0.717) is 11.8 Å². The van der Waals surface area contributed by atoms with Gasteiger partial charge in [0.2, 0.25) is 0 Å². The number of halogens is 1. The number of hydrogen-bond acceptors (Lipinski definition) is 4. The number of carbonyl (C=O) groups is 1. The summed E-state index contributed by atoms with van der Waals surface area (Å²) >= 11 is 0. The predicted molar refractivity (Wildman–Crippen MR) is 160 cm³/mol. The van der Waals surface area contributed by atoms with Gasteiger partial charge < -0.3 is 14.6 Å². The average molecular weight is 561 g/mol. The number of piperidine rings is 1. The first kappa shape index (κ1) is 28.4. The first-order valence-corrected chi connectivity index (χ1v) is 15.9. The Morgan fingerprint density at radius 3 is 2.54 bits per heavy atom. The molecule has 2 aromatic carbocycles. The van der Waals surface area contributed by atoms with Gasteiger partial charge in [-0.3, -0.25) is 9.69 Å². The third-order valence-electron chi connectivity index (χ3n) is 10.2. The number of fused-ring (bicyclic) bond motifs is 1. The molecule has 1 aromatic heterocycles. The minimum Gasteiger partial charge on any atom is -0.480 e. The van der Waals surface area contributed by atoms with Gasteiger partial charge in [0, 0.05) is 38.2 Å². The average Bonchev–Trinajstić information content (AvgIpc) is 3.58. The van der Waals surface area contributed by atoms with E-state index in [1.807, 2.05) is 12.4 Å². The van der Waals surface area contributed by atoms with Crippen LogP contribution in [0.2, 0.25) is 0 Å². The van der Waals surface area contributed by atoms with Crippen LogP contribution >= 0.6 is 0 Å². The van der Waals surface area contributed by atoms with Crippen LogP contribution in [-0.2, 0) is 11.3 Å². The maximum absolute atomic E-state index is 13.5. The molecule has 6 nitrogen and oxygen atoms in total. The Morgan fingerprint density at radius 2 is 1.78 bits per heavy atom. The number of nitrogens with zero attached hydrogens (tertiary/aromatic N) is 4. The summed E-state index contributed by atoms with van der Waals surface area (Å²) in [6, 6.07) is 15.3. The quantitative estimate of drug-likeness (QED) is 0.310. The highest BCUT2D eigenvalue weighted by Gasteiger charge is 2.43. The zero-order valence-corrected chi connectivity index (χ0v) is 24.2. The van der Waals surface area contributed by atoms with Crippen molar-refractivity contribution in [1.29, 1.82) is 0 Å². The Morgan fingerprint density at radius 1 is 1.00 bits per heavy atom. The number of benzene rings is 2. The van der Waals surface area contributed by atoms with Gasteiger partial charge in [-0.25, -0.2) is 9.37 Å². The molecule has 0 unspecified atom stereocenters. The van der Waals surface area contributed by atoms with Crippen LogP contribution in [0.4, 0.5) is 4.39 Å². The highest BCUT2D eigenvalue weighted by atomic mass is 19.1. The van der Waals surface area contributed by atoms with Gasteiger partial charge in [0.15, 0.2) is 0 Å². The normalized spacial score (nSPS) is 24.2. The lowest BCUT2D eigenvalue weighted by Gasteiger charge is -2.35. The van der Waals surface area contributed by atoms with Gasteiger partial charge in [-0.2, -0.15) is 0 Å². The highest BCUT2D eigenvalue weighted by molar-refractivity contribution is 5.75. The number of imidazole rings is 1. The zero-order chi connectivity index (χ0) is 28.2. The first-order chi connectivity index (χ1) is 20.0. The lowest BCUT2D eigenvalue weighted by molar-refractivity contribution is -0.145. The van der Waals surface area contributed by atoms with Gasteiger partial charge in [0.1, 0.15) is 11.9 Å². The fourth-order valence-electron chi connectivity index (χ4n) is 8.06. The molecule has 41 heavy (non-hydrogen) atoms. The number of likely N-dealkylation sites (tertiary alicyclic amines) is 2. The first-order valence-electron chi connectivity index (χ1n) is 15.9. The molecule has 1 saturated carbocycles. The second-order valence-corrected chi connectivity index (χ2v) is 12.9. The maximum atomic E-state index is 13.5. The number of hydrogen-bond donors (Lipinski definition) is 1. The third-order valence-corrected chi connectivity index (χ3v) is 10.2. The van der Waals surface area contributed by atoms with Crippen LogP contribution in [0.1, 0.15) is 69.3 Å². The molecule has 3 aliphatic rings. The van der Waals surface area contributed by atoms with E-state index in [2.05, 4.69) is 49.7 Å². The van der Waals surface area contributed by atoms with Crippen LogP contribution < -0.4 is 0 Å². The number of aromatic nitrogens is 2. The smallest absolute Gasteiger partial charge is 0.321 e. The van der Waals surface area contributed by atoms with Crippen LogP contribution in [0, 0.1) is 23.6 Å². The van der Waals surface area contributed by atoms with E-state index in [0.717, 1.165) is 75.5 Å². The van der Waals surface area contributed by atoms with E-state index in [1.54, 1.807) is 0 Å². The van der Waals surface area contributed by atoms with Crippen molar-refractivity contribution in [2.75, 3.05) is 32.7 Å². The fraction of sp³-hybridized carbons (Fsp3) is 0.588. The minimum absolute atomic E-state index is 0.235. The summed E-state index contributed by atoms with van der Waals surface area (Å²) in [6.45, 7) is 5.97. The molecular formula is C34H45FN4O2. The van der Waals surface area contributed by atoms with Crippen LogP contribution in [0.3, 0.4) is 0 Å². The van der Waals surface area contributed by atoms with E-state index in [1.165, 1.54) is 56.2 Å². The minimum atomic E-state index is -0.624. The Labute approximate surface area is 243 Å². The molecule has 0 spiro atoms. The van der Waals surface area contributed by atoms with Crippen LogP contribution in [-0.4, -0.2) is 69.2 Å². The monoisotopic (exact) mass is 560 g/mol. The molecule has 3 aromatic rings. The summed E-state index contributed by atoms with van der Waals surface area (Å²) in [5, 5.41) is 10.3. The number of aryl methyl sites for hydroxylation is 1. The Kier molecular flexibility index (Phi) is 9.01. The van der Waals surface area contributed by atoms with Gasteiger partial charge in [-0.15, -0.1) is 0 Å². The number of aliphatic carboxylic acids is 1. The fourth-order valence-corrected chi connectivity index (χ4v) is 8.06. The van der Waals surface area contributed by atoms with Crippen molar-refractivity contribution in [3.05, 3.63) is 66.2 Å². The zero-order valence-electron chi connectivity index (χ0n) is 24.2. The summed E-state index contributed by atoms with van der Waals surface area (Å²) < 4.78 is 15.6. The topological polar surface area (TPSA) is 61.6 Å². The van der Waals surface area contributed by atoms with E-state index in [4.69, 9.17) is 0 Å². The van der Waals surface area contributed by atoms with Crippen LogP contribution in [0.25, 0.3) is 11.0 Å². The van der Waals surface area contributed by atoms with Gasteiger partial charge in [0.05, 0.1) is 17.4 Å². The van der Waals surface area contributed by atoms with Crippen molar-refractivity contribution >= 4 is 17.0 Å². The number of carboxylic acid groups (broad SMARTS) is 1. The van der Waals surface area contributed by atoms with Crippen molar-refractivity contribution in [1.82, 2.24) is 19.4 Å². The molecule has 6 rings (SSSR count). The molecule has 0 amide bonds. The molecule has 220 valence electrons. The van der Waals surface area contributed by atoms with Crippen molar-refractivity contribution in [2.24, 2.45) is 17.8 Å². The van der Waals surface area contributed by atoms with Crippen molar-refractivity contribution in [3.8, 4) is 0 Å². The van der Waals surface area contributed by atoms with Crippen LogP contribution in [0.5, 0.6) is 0 Å². The molecule has 7 heteroatoms. The van der Waals surface area contributed by atoms with E-state index >= 15 is 0 Å². The molecule has 2 aliphatic heterocycles. The lowest BCUT2D eigenvalue weighted by Crippen LogP contribution is -2.46. The van der Waals surface area contributed by atoms with Gasteiger partial charge >= 0.3 is 5.97 Å². The summed E-state index contributed by atoms with van der Waals surface area (Å²) in [5.74, 6) is 1.01. The lowest BCUT2D eigenvalue weighted by atomic mass is 9.83. The summed E-state index contributed by atoms with van der Waals surface area (Å²) in [4.78, 5) is 21.9. The SMILES string of the molecule is O=C(O)[C@@H](C1CCCCC1)N1C[C@H](CN2CCC(CCCn3cnc4cc(F)ccc43)CC2)[C@@H](c2ccccc2)C1. The van der Waals surface area contributed by atoms with Crippen molar-refractivity contribution in [2.45, 2.75) is 76.3 Å². The number of rotatable bonds is 10. The van der Waals surface area contributed by atoms with Gasteiger partial charge in [-0.1, -0.05) is 49.6 Å². The molecule has 1 N–H and O–H groups in total. The standard InChI is InChI=1S/C34H45FN4O2/c35-29-13-14-32-31(20-29)36-24-38(32)17-7-8-25-15-18-37(19-16-25)21-28-22-39(23-30(28)26-9-3-1-4-10-26)33(34(40)41)27-11-5-2-6-12-27/h1,3-4,9-10,13-14,20,24-25,27-28,30,33H,2,5-8,11-12,15-19,21-23H2,(H,40,41)/t28-,30+,33+/m0/s1. The predicted octanol–water partition coefficient (Wildman–Crippen LogP) is 6.42. The second kappa shape index (κ2) is 13.0. The molecule has 0 bridgehead atoms. The van der Waals surface area contributed by atoms with Crippen molar-refractivity contribution in [3.63, 3.8) is 0 Å². The third kappa shape index (κ3) is 6.67. The summed E-state index contributed by atoms with van der Waals surface area (Å²) in [7, 11) is 0. The van der Waals surface area contributed by atoms with E-state index in [-0.39, 0.29) is 17.8 Å². The van der Waals surface area contributed by atoms with E-state index in [9.17, 15) is 14.3 Å². The highest BCUT2D eigenvalue weighted by Crippen LogP contribution is 2.39. The van der Waals surface area contributed by atoms with Gasteiger partial charge in [-0.05, 0) is 87.1 Å². The van der Waals surface area contributed by atoms with Crippen LogP contribution in [0.15, 0.2) is 54.9 Å². The maximum Gasteiger partial charge on any atom is 0.321 e. The molecular weight excluding hydrogens is 515 g/mol. The number of carboxylic acids is 1. The molecule has 3 fully saturated rings. The van der Waals surface area contributed by atoms with Crippen molar-refractivity contribution < 1.29 is 14.3 Å². The van der Waals surface area contributed by atoms with E-state index < -0.39 is 5.97 Å². The Balaban J connectivity index is 1.03. The molecule has 2 saturated heterocycles. The van der Waals surface area contributed by atoms with Gasteiger partial charge in [0.25, 0.3) is 0 Å². The Hall–Kier alpha value is -2.77. The summed E-state index contributed by atoms with van der Waals surface area (Å²) in [6.07, 6.45) is 12.3. The largest absolute Gasteiger partial charge is 0.480 e. The Bertz CT molecular complexity index is 1280. The molecule has 1 aliphatic carbocycles. The summed E-state index contributed by atoms with van der Waals surface area (Å²) in [5.41, 5.74) is 3.09. The second-order valence-electron chi connectivity index (χ2n) is 12.9.